The summed E-state index contributed by atoms with van der Waals surface area (Å²) in [5, 5.41) is 0. The molecule has 0 unspecified atom stereocenters. The van der Waals surface area contributed by atoms with E-state index in [9.17, 15) is 0 Å². The first kappa shape index (κ1) is 16.1. The zero-order valence-electron chi connectivity index (χ0n) is 13.7. The van der Waals surface area contributed by atoms with Gasteiger partial charge < -0.3 is 14.0 Å². The van der Waals surface area contributed by atoms with Gasteiger partial charge in [-0.15, -0.1) is 0 Å². The Hall–Kier alpha value is -1.33. The minimum absolute atomic E-state index is 0.0869. The van der Waals surface area contributed by atoms with Crippen LogP contribution in [-0.2, 0) is 9.31 Å². The standard InChI is InChI=1S/C16H24BNO3/c1-12(2)19-14-13(8-7-11-18-14)9-10-17-20-15(3,4)16(5,6)21-17/h7-12H,1-6H3/b10-9+. The fourth-order valence-electron chi connectivity index (χ4n) is 2.00. The molecule has 1 aliphatic heterocycles. The molecular formula is C16H24BNO3. The molecule has 2 heterocycles. The van der Waals surface area contributed by atoms with Crippen molar-refractivity contribution >= 4 is 13.2 Å². The molecule has 0 radical (unpaired) electrons. The van der Waals surface area contributed by atoms with Gasteiger partial charge in [-0.25, -0.2) is 4.98 Å². The van der Waals surface area contributed by atoms with Crippen molar-refractivity contribution in [2.24, 2.45) is 0 Å². The van der Waals surface area contributed by atoms with Gasteiger partial charge in [-0.2, -0.15) is 0 Å². The molecule has 0 N–H and O–H groups in total. The Kier molecular flexibility index (Phi) is 4.44. The molecule has 0 bridgehead atoms. The molecule has 0 amide bonds. The van der Waals surface area contributed by atoms with E-state index in [0.717, 1.165) is 5.56 Å². The lowest BCUT2D eigenvalue weighted by Gasteiger charge is -2.32. The first-order valence-electron chi connectivity index (χ1n) is 7.37. The van der Waals surface area contributed by atoms with Crippen molar-refractivity contribution in [1.29, 1.82) is 0 Å². The maximum Gasteiger partial charge on any atom is 0.487 e. The maximum absolute atomic E-state index is 5.94. The van der Waals surface area contributed by atoms with E-state index in [1.165, 1.54) is 0 Å². The van der Waals surface area contributed by atoms with Crippen molar-refractivity contribution in [2.45, 2.75) is 58.8 Å². The summed E-state index contributed by atoms with van der Waals surface area (Å²) in [5.41, 5.74) is 0.267. The summed E-state index contributed by atoms with van der Waals surface area (Å²) in [4.78, 5) is 4.27. The number of ether oxygens (including phenoxy) is 1. The smallest absolute Gasteiger partial charge is 0.475 e. The first-order chi connectivity index (χ1) is 9.71. The lowest BCUT2D eigenvalue weighted by molar-refractivity contribution is 0.00578. The van der Waals surface area contributed by atoms with Crippen LogP contribution < -0.4 is 4.74 Å². The molecule has 0 spiro atoms. The molecule has 0 aromatic carbocycles. The van der Waals surface area contributed by atoms with Crippen LogP contribution in [0.25, 0.3) is 6.08 Å². The van der Waals surface area contributed by atoms with E-state index >= 15 is 0 Å². The van der Waals surface area contributed by atoms with Gasteiger partial charge in [0.05, 0.1) is 17.3 Å². The Morgan fingerprint density at radius 2 is 1.81 bits per heavy atom. The summed E-state index contributed by atoms with van der Waals surface area (Å²) >= 11 is 0. The van der Waals surface area contributed by atoms with E-state index in [2.05, 4.69) is 4.98 Å². The molecule has 0 aliphatic carbocycles. The Morgan fingerprint density at radius 3 is 2.38 bits per heavy atom. The highest BCUT2D eigenvalue weighted by Gasteiger charge is 2.50. The van der Waals surface area contributed by atoms with Crippen LogP contribution in [0.5, 0.6) is 5.88 Å². The SMILES string of the molecule is CC(C)Oc1ncccc1/C=C/B1OC(C)(C)C(C)(C)O1. The predicted octanol–water partition coefficient (Wildman–Crippen LogP) is 3.51. The third-order valence-electron chi connectivity index (χ3n) is 3.85. The second kappa shape index (κ2) is 5.81. The largest absolute Gasteiger partial charge is 0.487 e. The van der Waals surface area contributed by atoms with Crippen LogP contribution in [0.1, 0.15) is 47.1 Å². The van der Waals surface area contributed by atoms with Gasteiger partial charge in [0.15, 0.2) is 0 Å². The maximum atomic E-state index is 5.94. The van der Waals surface area contributed by atoms with Gasteiger partial charge in [0.25, 0.3) is 0 Å². The van der Waals surface area contributed by atoms with Crippen molar-refractivity contribution in [2.75, 3.05) is 0 Å². The molecular weight excluding hydrogens is 265 g/mol. The Balaban J connectivity index is 2.13. The van der Waals surface area contributed by atoms with Gasteiger partial charge >= 0.3 is 7.12 Å². The molecule has 2 rings (SSSR count). The average molecular weight is 289 g/mol. The average Bonchev–Trinajstić information content (AvgIpc) is 2.56. The summed E-state index contributed by atoms with van der Waals surface area (Å²) in [6.07, 6.45) is 3.75. The molecule has 114 valence electrons. The molecule has 1 aromatic heterocycles. The van der Waals surface area contributed by atoms with Crippen LogP contribution in [0.2, 0.25) is 0 Å². The molecule has 0 atom stereocenters. The zero-order valence-corrected chi connectivity index (χ0v) is 13.7. The van der Waals surface area contributed by atoms with Gasteiger partial charge in [-0.1, -0.05) is 12.1 Å². The van der Waals surface area contributed by atoms with Gasteiger partial charge in [0, 0.05) is 11.8 Å². The third-order valence-corrected chi connectivity index (χ3v) is 3.85. The number of aromatic nitrogens is 1. The topological polar surface area (TPSA) is 40.6 Å². The van der Waals surface area contributed by atoms with Gasteiger partial charge in [0.2, 0.25) is 5.88 Å². The Morgan fingerprint density at radius 1 is 1.19 bits per heavy atom. The van der Waals surface area contributed by atoms with E-state index in [1.807, 2.05) is 65.7 Å². The van der Waals surface area contributed by atoms with Crippen LogP contribution >= 0.6 is 0 Å². The monoisotopic (exact) mass is 289 g/mol. The van der Waals surface area contributed by atoms with Crippen LogP contribution in [0.15, 0.2) is 24.3 Å². The summed E-state index contributed by atoms with van der Waals surface area (Å²) in [5.74, 6) is 2.53. The highest BCUT2D eigenvalue weighted by Crippen LogP contribution is 2.37. The van der Waals surface area contributed by atoms with Crippen molar-refractivity contribution in [3.8, 4) is 5.88 Å². The molecule has 1 aromatic rings. The van der Waals surface area contributed by atoms with Gasteiger partial charge in [-0.05, 0) is 53.7 Å². The summed E-state index contributed by atoms with van der Waals surface area (Å²) in [7, 11) is -0.359. The highest BCUT2D eigenvalue weighted by molar-refractivity contribution is 6.52. The molecule has 1 fully saturated rings. The third kappa shape index (κ3) is 3.66. The highest BCUT2D eigenvalue weighted by atomic mass is 16.7. The Bertz CT molecular complexity index is 510. The lowest BCUT2D eigenvalue weighted by Crippen LogP contribution is -2.41. The Labute approximate surface area is 127 Å². The molecule has 21 heavy (non-hydrogen) atoms. The van der Waals surface area contributed by atoms with Crippen molar-refractivity contribution < 1.29 is 14.0 Å². The normalized spacial score (nSPS) is 20.4. The second-order valence-electron chi connectivity index (χ2n) is 6.55. The zero-order chi connectivity index (χ0) is 15.7. The van der Waals surface area contributed by atoms with E-state index < -0.39 is 0 Å². The number of hydrogen-bond donors (Lipinski definition) is 0. The van der Waals surface area contributed by atoms with Crippen LogP contribution in [0.3, 0.4) is 0 Å². The van der Waals surface area contributed by atoms with Crippen LogP contribution in [-0.4, -0.2) is 29.4 Å². The van der Waals surface area contributed by atoms with E-state index in [4.69, 9.17) is 14.0 Å². The number of hydrogen-bond acceptors (Lipinski definition) is 4. The molecule has 4 nitrogen and oxygen atoms in total. The fraction of sp³-hybridized carbons (Fsp3) is 0.562. The van der Waals surface area contributed by atoms with Crippen molar-refractivity contribution in [1.82, 2.24) is 4.98 Å². The minimum atomic E-state index is -0.359. The fourth-order valence-corrected chi connectivity index (χ4v) is 2.00. The van der Waals surface area contributed by atoms with E-state index in [-0.39, 0.29) is 24.4 Å². The lowest BCUT2D eigenvalue weighted by atomic mass is 9.89. The number of pyridine rings is 1. The first-order valence-corrected chi connectivity index (χ1v) is 7.37. The molecule has 1 aliphatic rings. The molecule has 5 heteroatoms. The van der Waals surface area contributed by atoms with Crippen LogP contribution in [0.4, 0.5) is 0 Å². The quantitative estimate of drug-likeness (QED) is 0.795. The van der Waals surface area contributed by atoms with Gasteiger partial charge in [-0.3, -0.25) is 0 Å². The predicted molar refractivity (Wildman–Crippen MR) is 85.1 cm³/mol. The van der Waals surface area contributed by atoms with Gasteiger partial charge in [0.1, 0.15) is 0 Å². The number of rotatable bonds is 4. The number of nitrogens with zero attached hydrogens (tertiary/aromatic N) is 1. The molecule has 1 saturated heterocycles. The summed E-state index contributed by atoms with van der Waals surface area (Å²) in [6.45, 7) is 12.1. The van der Waals surface area contributed by atoms with Crippen molar-refractivity contribution in [3.05, 3.63) is 29.9 Å². The van der Waals surface area contributed by atoms with Crippen LogP contribution in [0, 0.1) is 0 Å². The van der Waals surface area contributed by atoms with Crippen molar-refractivity contribution in [3.63, 3.8) is 0 Å². The van der Waals surface area contributed by atoms with E-state index in [1.54, 1.807) is 6.20 Å². The summed E-state index contributed by atoms with van der Waals surface area (Å²) in [6, 6.07) is 3.85. The minimum Gasteiger partial charge on any atom is -0.475 e. The van der Waals surface area contributed by atoms with E-state index in [0.29, 0.717) is 5.88 Å². The summed E-state index contributed by atoms with van der Waals surface area (Å²) < 4.78 is 17.6. The second-order valence-corrected chi connectivity index (χ2v) is 6.55. The molecule has 0 saturated carbocycles.